The number of nitrogens with one attached hydrogen (secondary N) is 2. The summed E-state index contributed by atoms with van der Waals surface area (Å²) in [4.78, 5) is 0. The second-order valence-corrected chi connectivity index (χ2v) is 6.58. The predicted octanol–water partition coefficient (Wildman–Crippen LogP) is 0.314. The third-order valence-corrected chi connectivity index (χ3v) is 3.08. The zero-order valence-corrected chi connectivity index (χ0v) is 9.95. The summed E-state index contributed by atoms with van der Waals surface area (Å²) < 4.78 is 24.6. The largest absolute Gasteiger partial charge is 0.315 e. The van der Waals surface area contributed by atoms with Crippen molar-refractivity contribution in [3.8, 4) is 0 Å². The van der Waals surface area contributed by atoms with E-state index in [-0.39, 0.29) is 0 Å². The zero-order chi connectivity index (χ0) is 10.8. The van der Waals surface area contributed by atoms with Crippen LogP contribution in [0.1, 0.15) is 26.7 Å². The summed E-state index contributed by atoms with van der Waals surface area (Å²) in [5.74, 6) is 0.823. The molecule has 0 saturated heterocycles. The third-order valence-electron chi connectivity index (χ3n) is 2.16. The Hall–Kier alpha value is -0.130. The summed E-state index contributed by atoms with van der Waals surface area (Å²) in [5.41, 5.74) is -0.400. The minimum Gasteiger partial charge on any atom is -0.315 e. The molecule has 0 aromatic carbocycles. The lowest BCUT2D eigenvalue weighted by atomic mass is 10.1. The van der Waals surface area contributed by atoms with Gasteiger partial charge >= 0.3 is 0 Å². The summed E-state index contributed by atoms with van der Waals surface area (Å²) in [6.45, 7) is 5.45. The smallest absolute Gasteiger partial charge is 0.209 e. The molecule has 0 aromatic rings. The van der Waals surface area contributed by atoms with E-state index in [9.17, 15) is 8.42 Å². The maximum atomic E-state index is 11.0. The van der Waals surface area contributed by atoms with Crippen molar-refractivity contribution in [2.45, 2.75) is 32.2 Å². The lowest BCUT2D eigenvalue weighted by Crippen LogP contribution is -2.50. The lowest BCUT2D eigenvalue weighted by molar-refractivity contribution is 0.417. The number of hydrogen-bond donors (Lipinski definition) is 2. The molecule has 14 heavy (non-hydrogen) atoms. The van der Waals surface area contributed by atoms with Crippen molar-refractivity contribution in [2.75, 3.05) is 19.3 Å². The Kier molecular flexibility index (Phi) is 3.55. The summed E-state index contributed by atoms with van der Waals surface area (Å²) in [6.07, 6.45) is 3.81. The zero-order valence-electron chi connectivity index (χ0n) is 9.13. The second kappa shape index (κ2) is 4.16. The highest BCUT2D eigenvalue weighted by Crippen LogP contribution is 2.27. The molecule has 0 aliphatic heterocycles. The van der Waals surface area contributed by atoms with Crippen molar-refractivity contribution in [1.29, 1.82) is 0 Å². The molecule has 1 rings (SSSR count). The SMILES string of the molecule is CC(C)(CNCC1CC1)NS(C)(=O)=O. The van der Waals surface area contributed by atoms with E-state index >= 15 is 0 Å². The molecule has 0 radical (unpaired) electrons. The summed E-state index contributed by atoms with van der Waals surface area (Å²) in [7, 11) is -3.11. The molecule has 0 spiro atoms. The van der Waals surface area contributed by atoms with Crippen molar-refractivity contribution in [1.82, 2.24) is 10.0 Å². The van der Waals surface area contributed by atoms with Gasteiger partial charge in [-0.1, -0.05) is 0 Å². The molecule has 0 aromatic heterocycles. The highest BCUT2D eigenvalue weighted by atomic mass is 32.2. The number of sulfonamides is 1. The van der Waals surface area contributed by atoms with Crippen LogP contribution in [-0.2, 0) is 10.0 Å². The Bertz CT molecular complexity index is 281. The van der Waals surface area contributed by atoms with Crippen LogP contribution in [-0.4, -0.2) is 33.3 Å². The van der Waals surface area contributed by atoms with Gasteiger partial charge in [0.15, 0.2) is 0 Å². The fourth-order valence-corrected chi connectivity index (χ4v) is 2.52. The van der Waals surface area contributed by atoms with Crippen molar-refractivity contribution in [2.24, 2.45) is 5.92 Å². The topological polar surface area (TPSA) is 58.2 Å². The highest BCUT2D eigenvalue weighted by molar-refractivity contribution is 7.88. The molecule has 2 N–H and O–H groups in total. The Labute approximate surface area is 86.5 Å². The van der Waals surface area contributed by atoms with Gasteiger partial charge in [-0.3, -0.25) is 0 Å². The van der Waals surface area contributed by atoms with Gasteiger partial charge in [-0.05, 0) is 39.2 Å². The molecule has 1 fully saturated rings. The minimum atomic E-state index is -3.11. The van der Waals surface area contributed by atoms with Gasteiger partial charge in [-0.25, -0.2) is 13.1 Å². The van der Waals surface area contributed by atoms with Gasteiger partial charge in [0, 0.05) is 12.1 Å². The average molecular weight is 220 g/mol. The van der Waals surface area contributed by atoms with E-state index in [0.29, 0.717) is 6.54 Å². The molecule has 1 saturated carbocycles. The third kappa shape index (κ3) is 5.57. The van der Waals surface area contributed by atoms with E-state index in [1.54, 1.807) is 0 Å². The van der Waals surface area contributed by atoms with Crippen molar-refractivity contribution in [3.05, 3.63) is 0 Å². The van der Waals surface area contributed by atoms with E-state index in [2.05, 4.69) is 10.0 Å². The van der Waals surface area contributed by atoms with Gasteiger partial charge in [0.25, 0.3) is 0 Å². The van der Waals surface area contributed by atoms with E-state index in [1.807, 2.05) is 13.8 Å². The van der Waals surface area contributed by atoms with Crippen LogP contribution in [0.5, 0.6) is 0 Å². The molecule has 0 unspecified atom stereocenters. The minimum absolute atomic E-state index is 0.400. The van der Waals surface area contributed by atoms with Crippen molar-refractivity contribution >= 4 is 10.0 Å². The van der Waals surface area contributed by atoms with Gasteiger partial charge in [0.2, 0.25) is 10.0 Å². The molecule has 0 heterocycles. The van der Waals surface area contributed by atoms with Gasteiger partial charge in [-0.15, -0.1) is 0 Å². The Morgan fingerprint density at radius 2 is 1.93 bits per heavy atom. The highest BCUT2D eigenvalue weighted by Gasteiger charge is 2.24. The first-order valence-electron chi connectivity index (χ1n) is 4.98. The Morgan fingerprint density at radius 1 is 1.36 bits per heavy atom. The van der Waals surface area contributed by atoms with Crippen molar-refractivity contribution < 1.29 is 8.42 Å². The molecule has 84 valence electrons. The Balaban J connectivity index is 2.24. The van der Waals surface area contributed by atoms with Crippen LogP contribution in [0, 0.1) is 5.92 Å². The van der Waals surface area contributed by atoms with Gasteiger partial charge in [0.05, 0.1) is 6.26 Å². The molecular weight excluding hydrogens is 200 g/mol. The van der Waals surface area contributed by atoms with Gasteiger partial charge < -0.3 is 5.32 Å². The monoisotopic (exact) mass is 220 g/mol. The predicted molar refractivity (Wildman–Crippen MR) is 57.7 cm³/mol. The lowest BCUT2D eigenvalue weighted by Gasteiger charge is -2.25. The second-order valence-electron chi connectivity index (χ2n) is 4.83. The molecule has 4 nitrogen and oxygen atoms in total. The summed E-state index contributed by atoms with van der Waals surface area (Å²) >= 11 is 0. The van der Waals surface area contributed by atoms with Gasteiger partial charge in [-0.2, -0.15) is 0 Å². The van der Waals surface area contributed by atoms with Crippen LogP contribution >= 0.6 is 0 Å². The van der Waals surface area contributed by atoms with Crippen LogP contribution in [0.25, 0.3) is 0 Å². The summed E-state index contributed by atoms with van der Waals surface area (Å²) in [5, 5.41) is 3.28. The molecule has 1 aliphatic carbocycles. The standard InChI is InChI=1S/C9H20N2O2S/c1-9(2,11-14(3,12)13)7-10-6-8-4-5-8/h8,10-11H,4-7H2,1-3H3. The van der Waals surface area contributed by atoms with E-state index in [0.717, 1.165) is 12.5 Å². The maximum absolute atomic E-state index is 11.0. The molecule has 0 bridgehead atoms. The number of hydrogen-bond acceptors (Lipinski definition) is 3. The van der Waals surface area contributed by atoms with Crippen LogP contribution in [0.3, 0.4) is 0 Å². The van der Waals surface area contributed by atoms with E-state index in [1.165, 1.54) is 19.1 Å². The normalized spacial score (nSPS) is 18.5. The fraction of sp³-hybridized carbons (Fsp3) is 1.00. The van der Waals surface area contributed by atoms with Crippen molar-refractivity contribution in [3.63, 3.8) is 0 Å². The molecule has 0 atom stereocenters. The molecular formula is C9H20N2O2S. The van der Waals surface area contributed by atoms with Crippen LogP contribution < -0.4 is 10.0 Å². The summed E-state index contributed by atoms with van der Waals surface area (Å²) in [6, 6.07) is 0. The molecule has 0 amide bonds. The quantitative estimate of drug-likeness (QED) is 0.677. The molecule has 1 aliphatic rings. The fourth-order valence-electron chi connectivity index (χ4n) is 1.45. The first-order valence-corrected chi connectivity index (χ1v) is 6.87. The Morgan fingerprint density at radius 3 is 2.36 bits per heavy atom. The first-order chi connectivity index (χ1) is 6.29. The van der Waals surface area contributed by atoms with E-state index < -0.39 is 15.6 Å². The average Bonchev–Trinajstić information content (AvgIpc) is 2.64. The first kappa shape index (κ1) is 11.9. The maximum Gasteiger partial charge on any atom is 0.209 e. The van der Waals surface area contributed by atoms with Crippen LogP contribution in [0.2, 0.25) is 0 Å². The van der Waals surface area contributed by atoms with E-state index in [4.69, 9.17) is 0 Å². The van der Waals surface area contributed by atoms with Gasteiger partial charge in [0.1, 0.15) is 0 Å². The van der Waals surface area contributed by atoms with Crippen LogP contribution in [0.15, 0.2) is 0 Å². The number of rotatable bonds is 6. The molecule has 5 heteroatoms. The van der Waals surface area contributed by atoms with Crippen LogP contribution in [0.4, 0.5) is 0 Å².